The molecule has 0 aliphatic heterocycles. The van der Waals surface area contributed by atoms with E-state index in [1.807, 2.05) is 32.3 Å². The maximum Gasteiger partial charge on any atom is 1.00 e. The molecule has 1 heterocycles. The third-order valence-electron chi connectivity index (χ3n) is 1.69. The van der Waals surface area contributed by atoms with E-state index in [4.69, 9.17) is 12.2 Å². The van der Waals surface area contributed by atoms with Crippen molar-refractivity contribution in [2.75, 3.05) is 14.1 Å². The zero-order chi connectivity index (χ0) is 12.1. The second-order valence-corrected chi connectivity index (χ2v) is 5.92. The van der Waals surface area contributed by atoms with Crippen LogP contribution in [0.2, 0.25) is 0 Å². The summed E-state index contributed by atoms with van der Waals surface area (Å²) in [5.41, 5.74) is 1.14. The molecule has 0 aliphatic rings. The van der Waals surface area contributed by atoms with Crippen molar-refractivity contribution in [3.05, 3.63) is 28.2 Å². The molecule has 0 saturated carbocycles. The average Bonchev–Trinajstić information content (AvgIpc) is 2.58. The Balaban J connectivity index is 0. The van der Waals surface area contributed by atoms with E-state index in [1.165, 1.54) is 4.70 Å². The molecular weight excluding hydrogens is 322 g/mol. The number of rotatable bonds is 0. The van der Waals surface area contributed by atoms with Crippen LogP contribution in [-0.2, 0) is 12.6 Å². The molecule has 2 rings (SSSR count). The van der Waals surface area contributed by atoms with Gasteiger partial charge in [-0.05, 0) is 24.4 Å². The predicted molar refractivity (Wildman–Crippen MR) is 80.7 cm³/mol. The Bertz CT molecular complexity index is 500. The number of thiocarbonyl (C=S) groups is 1. The van der Waals surface area contributed by atoms with Gasteiger partial charge >= 0.3 is 59.1 Å². The number of aromatic nitrogens is 1. The number of nitrogens with one attached hydrogen (secondary N) is 1. The van der Waals surface area contributed by atoms with Crippen LogP contribution < -0.4 is 59.1 Å². The molecule has 0 amide bonds. The molecule has 18 heavy (non-hydrogen) atoms. The first kappa shape index (κ1) is 21.7. The van der Waals surface area contributed by atoms with Crippen LogP contribution in [0.25, 0.3) is 10.2 Å². The van der Waals surface area contributed by atoms with Gasteiger partial charge in [0.25, 0.3) is 0 Å². The van der Waals surface area contributed by atoms with Crippen molar-refractivity contribution in [2.45, 2.75) is 0 Å². The number of thiazole rings is 1. The first-order valence-electron chi connectivity index (χ1n) is 4.47. The van der Waals surface area contributed by atoms with Crippen LogP contribution in [0, 0.1) is 3.95 Å². The third-order valence-corrected chi connectivity index (χ3v) is 3.64. The largest absolute Gasteiger partial charge is 1.00 e. The summed E-state index contributed by atoms with van der Waals surface area (Å²) >= 11 is 15.7. The number of H-pyrrole nitrogens is 1. The molecule has 0 radical (unpaired) electrons. The Morgan fingerprint density at radius 2 is 1.78 bits per heavy atom. The van der Waals surface area contributed by atoms with Gasteiger partial charge in [-0.1, -0.05) is 16.5 Å². The Kier molecular flexibility index (Phi) is 13.4. The Hall–Kier alpha value is 1.44. The van der Waals surface area contributed by atoms with Crippen molar-refractivity contribution in [2.24, 2.45) is 0 Å². The molecule has 1 aromatic carbocycles. The van der Waals surface area contributed by atoms with Crippen LogP contribution in [0.3, 0.4) is 0 Å². The Morgan fingerprint density at radius 1 is 1.28 bits per heavy atom. The molecule has 0 saturated heterocycles. The fourth-order valence-corrected chi connectivity index (χ4v) is 2.01. The summed E-state index contributed by atoms with van der Waals surface area (Å²) in [6, 6.07) is 8.11. The van der Waals surface area contributed by atoms with E-state index < -0.39 is 0 Å². The summed E-state index contributed by atoms with van der Waals surface area (Å²) in [5.74, 6) is 0. The maximum absolute atomic E-state index is 4.98. The topological polar surface area (TPSA) is 19.0 Å². The molecule has 8 heteroatoms. The standard InChI is InChI=1S/C7H5NS2.C3H7NS2.2Na/c9-7-8-5-3-1-2-4-6(5)10-7;1-4(2)3(5)6;;/h1-4H,(H,8,9);1-2H3,(H,5,6);;/q;;2*+1/p-1. The van der Waals surface area contributed by atoms with Gasteiger partial charge in [-0.25, -0.2) is 0 Å². The number of fused-ring (bicyclic) bond motifs is 1. The van der Waals surface area contributed by atoms with Crippen LogP contribution in [0.4, 0.5) is 0 Å². The summed E-state index contributed by atoms with van der Waals surface area (Å²) in [5, 5.41) is 0. The number of nitrogens with zero attached hydrogens (tertiary/aromatic N) is 1. The van der Waals surface area contributed by atoms with E-state index in [0.717, 1.165) is 9.47 Å². The molecular formula is C10H11N2Na2S4+. The van der Waals surface area contributed by atoms with Gasteiger partial charge in [-0.2, -0.15) is 0 Å². The normalized spacial score (nSPS) is 8.33. The SMILES string of the molecule is CN(C)C(=S)[S-].S=c1[nH]c2ccccc2s1.[Na+].[Na+]. The quantitative estimate of drug-likeness (QED) is 0.322. The Labute approximate surface area is 172 Å². The van der Waals surface area contributed by atoms with Crippen LogP contribution in [-0.4, -0.2) is 28.3 Å². The molecule has 0 atom stereocenters. The Morgan fingerprint density at radius 3 is 2.22 bits per heavy atom. The molecule has 86 valence electrons. The zero-order valence-electron chi connectivity index (χ0n) is 10.9. The minimum Gasteiger partial charge on any atom is -0.411 e. The van der Waals surface area contributed by atoms with Gasteiger partial charge in [0.15, 0.2) is 3.95 Å². The maximum atomic E-state index is 4.98. The number of para-hydroxylation sites is 1. The van der Waals surface area contributed by atoms with Crippen LogP contribution in [0.1, 0.15) is 0 Å². The minimum atomic E-state index is 0. The van der Waals surface area contributed by atoms with E-state index in [1.54, 1.807) is 16.2 Å². The van der Waals surface area contributed by atoms with Gasteiger partial charge in [-0.15, -0.1) is 11.3 Å². The molecule has 2 aromatic rings. The van der Waals surface area contributed by atoms with Gasteiger partial charge in [0.2, 0.25) is 0 Å². The van der Waals surface area contributed by atoms with Crippen molar-refractivity contribution in [3.63, 3.8) is 0 Å². The second kappa shape index (κ2) is 11.1. The summed E-state index contributed by atoms with van der Waals surface area (Å²) < 4.78 is 2.59. The molecule has 1 N–H and O–H groups in total. The van der Waals surface area contributed by atoms with E-state index in [9.17, 15) is 0 Å². The number of hydrogen-bond donors (Lipinski definition) is 1. The van der Waals surface area contributed by atoms with Crippen LogP contribution >= 0.6 is 35.8 Å². The molecule has 1 aromatic heterocycles. The third kappa shape index (κ3) is 7.89. The van der Waals surface area contributed by atoms with Crippen molar-refractivity contribution >= 4 is 62.9 Å². The molecule has 2 nitrogen and oxygen atoms in total. The number of benzene rings is 1. The molecule has 0 fully saturated rings. The summed E-state index contributed by atoms with van der Waals surface area (Å²) in [6.07, 6.45) is 0. The van der Waals surface area contributed by atoms with E-state index in [-0.39, 0.29) is 59.1 Å². The fourth-order valence-electron chi connectivity index (χ4n) is 0.894. The zero-order valence-corrected chi connectivity index (χ0v) is 18.2. The van der Waals surface area contributed by atoms with E-state index in [0.29, 0.717) is 4.32 Å². The van der Waals surface area contributed by atoms with Gasteiger partial charge in [0.1, 0.15) is 0 Å². The monoisotopic (exact) mass is 333 g/mol. The average molecular weight is 333 g/mol. The predicted octanol–water partition coefficient (Wildman–Crippen LogP) is -2.65. The van der Waals surface area contributed by atoms with E-state index in [2.05, 4.69) is 35.9 Å². The second-order valence-electron chi connectivity index (χ2n) is 3.17. The van der Waals surface area contributed by atoms with Crippen molar-refractivity contribution in [3.8, 4) is 0 Å². The first-order valence-corrected chi connectivity index (χ1v) is 6.51. The smallest absolute Gasteiger partial charge is 0.411 e. The van der Waals surface area contributed by atoms with Crippen LogP contribution in [0.15, 0.2) is 24.3 Å². The number of aromatic amines is 1. The minimum absolute atomic E-state index is 0. The summed E-state index contributed by atoms with van der Waals surface area (Å²) in [7, 11) is 3.66. The van der Waals surface area contributed by atoms with E-state index >= 15 is 0 Å². The molecule has 0 unspecified atom stereocenters. The molecule has 0 bridgehead atoms. The fraction of sp³-hybridized carbons (Fsp3) is 0.200. The van der Waals surface area contributed by atoms with Gasteiger partial charge in [0.05, 0.1) is 10.2 Å². The van der Waals surface area contributed by atoms with Crippen molar-refractivity contribution in [1.29, 1.82) is 0 Å². The molecule has 0 spiro atoms. The van der Waals surface area contributed by atoms with Gasteiger partial charge in [-0.3, -0.25) is 0 Å². The summed E-state index contributed by atoms with van der Waals surface area (Å²) in [4.78, 5) is 4.80. The summed E-state index contributed by atoms with van der Waals surface area (Å²) in [6.45, 7) is 0. The first-order chi connectivity index (χ1) is 7.50. The van der Waals surface area contributed by atoms with Crippen molar-refractivity contribution < 1.29 is 59.1 Å². The van der Waals surface area contributed by atoms with Crippen molar-refractivity contribution in [1.82, 2.24) is 9.88 Å². The van der Waals surface area contributed by atoms with Gasteiger partial charge in [0, 0.05) is 14.1 Å². The van der Waals surface area contributed by atoms with Gasteiger partial charge < -0.3 is 34.7 Å². The molecule has 0 aliphatic carbocycles. The van der Waals surface area contributed by atoms with Crippen LogP contribution in [0.5, 0.6) is 0 Å². The number of hydrogen-bond acceptors (Lipinski definition) is 4.